The van der Waals surface area contributed by atoms with Crippen LogP contribution in [0.4, 0.5) is 5.95 Å². The van der Waals surface area contributed by atoms with Gasteiger partial charge < -0.3 is 19.7 Å². The lowest BCUT2D eigenvalue weighted by Crippen LogP contribution is -2.06. The minimum Gasteiger partial charge on any atom is -0.508 e. The van der Waals surface area contributed by atoms with E-state index < -0.39 is 0 Å². The van der Waals surface area contributed by atoms with Crippen LogP contribution in [0.5, 0.6) is 11.5 Å². The van der Waals surface area contributed by atoms with Crippen LogP contribution in [0.15, 0.2) is 48.7 Å². The second kappa shape index (κ2) is 6.84. The molecule has 0 radical (unpaired) electrons. The quantitative estimate of drug-likeness (QED) is 0.733. The third-order valence-electron chi connectivity index (χ3n) is 3.85. The summed E-state index contributed by atoms with van der Waals surface area (Å²) < 4.78 is 7.14. The lowest BCUT2D eigenvalue weighted by molar-refractivity contribution is 0.415. The molecule has 0 amide bonds. The molecule has 5 nitrogen and oxygen atoms in total. The lowest BCUT2D eigenvalue weighted by atomic mass is 10.1. The largest absolute Gasteiger partial charge is 0.508 e. The highest BCUT2D eigenvalue weighted by atomic mass is 35.5. The van der Waals surface area contributed by atoms with Gasteiger partial charge in [0, 0.05) is 29.7 Å². The Morgan fingerprint density at radius 1 is 1.21 bits per heavy atom. The molecule has 24 heavy (non-hydrogen) atoms. The Kier molecular flexibility index (Phi) is 4.62. The monoisotopic (exact) mass is 343 g/mol. The highest BCUT2D eigenvalue weighted by Crippen LogP contribution is 2.26. The summed E-state index contributed by atoms with van der Waals surface area (Å²) in [6.07, 6.45) is 1.81. The summed E-state index contributed by atoms with van der Waals surface area (Å²) in [4.78, 5) is 4.41. The van der Waals surface area contributed by atoms with E-state index >= 15 is 0 Å². The smallest absolute Gasteiger partial charge is 0.203 e. The Morgan fingerprint density at radius 2 is 1.96 bits per heavy atom. The zero-order valence-corrected chi connectivity index (χ0v) is 14.2. The summed E-state index contributed by atoms with van der Waals surface area (Å²) in [6, 6.07) is 12.8. The van der Waals surface area contributed by atoms with E-state index in [1.54, 1.807) is 25.3 Å². The summed E-state index contributed by atoms with van der Waals surface area (Å²) >= 11 is 5.97. The number of aromatic hydroxyl groups is 1. The number of phenolic OH excluding ortho intramolecular Hbond substituents is 1. The molecular formula is C18H18ClN3O2. The van der Waals surface area contributed by atoms with E-state index in [0.29, 0.717) is 17.5 Å². The molecule has 124 valence electrons. The van der Waals surface area contributed by atoms with Crippen LogP contribution in [0.3, 0.4) is 0 Å². The Labute approximate surface area is 145 Å². The van der Waals surface area contributed by atoms with Gasteiger partial charge in [0.15, 0.2) is 0 Å². The van der Waals surface area contributed by atoms with Gasteiger partial charge in [-0.1, -0.05) is 11.6 Å². The van der Waals surface area contributed by atoms with Crippen molar-refractivity contribution in [3.8, 4) is 22.8 Å². The molecule has 2 aromatic carbocycles. The number of rotatable bonds is 5. The molecule has 2 N–H and O–H groups in total. The van der Waals surface area contributed by atoms with E-state index in [1.807, 2.05) is 42.1 Å². The van der Waals surface area contributed by atoms with Crippen LogP contribution in [0, 0.1) is 0 Å². The van der Waals surface area contributed by atoms with Gasteiger partial charge in [0.2, 0.25) is 5.95 Å². The topological polar surface area (TPSA) is 59.3 Å². The normalized spacial score (nSPS) is 10.6. The van der Waals surface area contributed by atoms with E-state index in [-0.39, 0.29) is 5.75 Å². The van der Waals surface area contributed by atoms with E-state index in [2.05, 4.69) is 10.3 Å². The number of aromatic nitrogens is 2. The van der Waals surface area contributed by atoms with Crippen molar-refractivity contribution < 1.29 is 9.84 Å². The van der Waals surface area contributed by atoms with Gasteiger partial charge in [0.25, 0.3) is 0 Å². The van der Waals surface area contributed by atoms with Crippen LogP contribution in [-0.2, 0) is 13.6 Å². The molecule has 0 saturated carbocycles. The number of anilines is 1. The fourth-order valence-corrected chi connectivity index (χ4v) is 2.67. The molecule has 0 aliphatic carbocycles. The van der Waals surface area contributed by atoms with E-state index in [9.17, 15) is 5.11 Å². The molecule has 0 aliphatic rings. The molecule has 0 atom stereocenters. The van der Waals surface area contributed by atoms with Crippen LogP contribution in [0.1, 0.15) is 5.56 Å². The number of benzene rings is 2. The summed E-state index contributed by atoms with van der Waals surface area (Å²) in [5.41, 5.74) is 2.75. The first-order valence-corrected chi connectivity index (χ1v) is 7.83. The first kappa shape index (κ1) is 16.2. The fraction of sp³-hybridized carbons (Fsp3) is 0.167. The predicted octanol–water partition coefficient (Wildman–Crippen LogP) is 4.07. The average Bonchev–Trinajstić information content (AvgIpc) is 2.96. The van der Waals surface area contributed by atoms with Crippen LogP contribution in [0.2, 0.25) is 5.02 Å². The van der Waals surface area contributed by atoms with Gasteiger partial charge in [-0.15, -0.1) is 0 Å². The molecule has 1 aromatic heterocycles. The molecule has 0 unspecified atom stereocenters. The standard InChI is InChI=1S/C18H18ClN3O2/c1-22-16(12-3-6-15(24-2)7-4-12)11-21-18(22)20-10-13-9-14(19)5-8-17(13)23/h3-9,11,23H,10H2,1-2H3,(H,20,21). The molecule has 0 aliphatic heterocycles. The van der Waals surface area contributed by atoms with Gasteiger partial charge in [-0.2, -0.15) is 0 Å². The van der Waals surface area contributed by atoms with Gasteiger partial charge in [0.1, 0.15) is 11.5 Å². The second-order valence-corrected chi connectivity index (χ2v) is 5.82. The Morgan fingerprint density at radius 3 is 2.67 bits per heavy atom. The molecule has 1 heterocycles. The maximum Gasteiger partial charge on any atom is 0.203 e. The van der Waals surface area contributed by atoms with Crippen molar-refractivity contribution in [3.05, 3.63) is 59.2 Å². The number of imidazole rings is 1. The number of ether oxygens (including phenoxy) is 1. The van der Waals surface area contributed by atoms with Crippen molar-refractivity contribution in [1.82, 2.24) is 9.55 Å². The number of hydrogen-bond acceptors (Lipinski definition) is 4. The Hall–Kier alpha value is -2.66. The van der Waals surface area contributed by atoms with Crippen LogP contribution >= 0.6 is 11.6 Å². The first-order chi connectivity index (χ1) is 11.6. The lowest BCUT2D eigenvalue weighted by Gasteiger charge is -2.10. The van der Waals surface area contributed by atoms with Gasteiger partial charge in [-0.3, -0.25) is 0 Å². The SMILES string of the molecule is COc1ccc(-c2cnc(NCc3cc(Cl)ccc3O)n2C)cc1. The number of hydrogen-bond donors (Lipinski definition) is 2. The zero-order valence-electron chi connectivity index (χ0n) is 13.5. The number of phenols is 1. The molecule has 0 saturated heterocycles. The average molecular weight is 344 g/mol. The van der Waals surface area contributed by atoms with Crippen LogP contribution < -0.4 is 10.1 Å². The summed E-state index contributed by atoms with van der Waals surface area (Å²) in [5.74, 6) is 1.73. The molecule has 0 fully saturated rings. The molecule has 6 heteroatoms. The van der Waals surface area contributed by atoms with E-state index in [1.165, 1.54) is 0 Å². The van der Waals surface area contributed by atoms with Crippen molar-refractivity contribution in [1.29, 1.82) is 0 Å². The van der Waals surface area contributed by atoms with Crippen molar-refractivity contribution in [2.45, 2.75) is 6.54 Å². The number of methoxy groups -OCH3 is 1. The van der Waals surface area contributed by atoms with Crippen molar-refractivity contribution in [2.75, 3.05) is 12.4 Å². The fourth-order valence-electron chi connectivity index (χ4n) is 2.47. The highest BCUT2D eigenvalue weighted by molar-refractivity contribution is 6.30. The van der Waals surface area contributed by atoms with Crippen molar-refractivity contribution in [3.63, 3.8) is 0 Å². The molecule has 0 spiro atoms. The minimum atomic E-state index is 0.205. The summed E-state index contributed by atoms with van der Waals surface area (Å²) in [5, 5.41) is 13.7. The first-order valence-electron chi connectivity index (χ1n) is 7.46. The third-order valence-corrected chi connectivity index (χ3v) is 4.09. The predicted molar refractivity (Wildman–Crippen MR) is 95.6 cm³/mol. The Balaban J connectivity index is 1.78. The molecular weight excluding hydrogens is 326 g/mol. The number of nitrogens with one attached hydrogen (secondary N) is 1. The number of nitrogens with zero attached hydrogens (tertiary/aromatic N) is 2. The molecule has 3 aromatic rings. The zero-order chi connectivity index (χ0) is 17.1. The van der Waals surface area contributed by atoms with Gasteiger partial charge in [-0.25, -0.2) is 4.98 Å². The third kappa shape index (κ3) is 3.31. The van der Waals surface area contributed by atoms with E-state index in [0.717, 1.165) is 22.6 Å². The second-order valence-electron chi connectivity index (χ2n) is 5.38. The van der Waals surface area contributed by atoms with Gasteiger partial charge in [0.05, 0.1) is 19.0 Å². The summed E-state index contributed by atoms with van der Waals surface area (Å²) in [6.45, 7) is 0.430. The molecule has 0 bridgehead atoms. The van der Waals surface area contributed by atoms with Crippen molar-refractivity contribution in [2.24, 2.45) is 7.05 Å². The highest BCUT2D eigenvalue weighted by Gasteiger charge is 2.10. The van der Waals surface area contributed by atoms with Crippen molar-refractivity contribution >= 4 is 17.5 Å². The number of halogens is 1. The van der Waals surface area contributed by atoms with E-state index in [4.69, 9.17) is 16.3 Å². The molecule has 3 rings (SSSR count). The maximum atomic E-state index is 9.88. The Bertz CT molecular complexity index is 844. The van der Waals surface area contributed by atoms with Crippen LogP contribution in [-0.4, -0.2) is 21.8 Å². The van der Waals surface area contributed by atoms with Crippen LogP contribution in [0.25, 0.3) is 11.3 Å². The van der Waals surface area contributed by atoms with Gasteiger partial charge >= 0.3 is 0 Å². The van der Waals surface area contributed by atoms with Gasteiger partial charge in [-0.05, 0) is 42.5 Å². The summed E-state index contributed by atoms with van der Waals surface area (Å²) in [7, 11) is 3.58. The maximum absolute atomic E-state index is 9.88. The minimum absolute atomic E-state index is 0.205.